The molecule has 1 aliphatic rings. The lowest BCUT2D eigenvalue weighted by Gasteiger charge is -2.34. The summed E-state index contributed by atoms with van der Waals surface area (Å²) in [6.07, 6.45) is 2.43. The summed E-state index contributed by atoms with van der Waals surface area (Å²) in [7, 11) is 1.78. The summed E-state index contributed by atoms with van der Waals surface area (Å²) in [5.74, 6) is -1.14. The molecule has 104 valence electrons. The standard InChI is InChI=1S/C12H17N3O4/c1-8-5-15(7-10(19-8)12(17)18)11(16)3-9-4-13-14(2)6-9/h4,6,8,10H,3,5,7H2,1-2H3,(H,17,18)/t8-,10-/m1/s1. The zero-order valence-electron chi connectivity index (χ0n) is 10.9. The third kappa shape index (κ3) is 3.31. The third-order valence-corrected chi connectivity index (χ3v) is 3.00. The van der Waals surface area contributed by atoms with Gasteiger partial charge >= 0.3 is 5.97 Å². The highest BCUT2D eigenvalue weighted by Crippen LogP contribution is 2.13. The molecular formula is C12H17N3O4. The van der Waals surface area contributed by atoms with Crippen molar-refractivity contribution in [3.63, 3.8) is 0 Å². The highest BCUT2D eigenvalue weighted by molar-refractivity contribution is 5.80. The van der Waals surface area contributed by atoms with Gasteiger partial charge in [-0.2, -0.15) is 5.10 Å². The molecule has 7 nitrogen and oxygen atoms in total. The van der Waals surface area contributed by atoms with E-state index in [9.17, 15) is 9.59 Å². The van der Waals surface area contributed by atoms with Crippen LogP contribution in [0.2, 0.25) is 0 Å². The van der Waals surface area contributed by atoms with Gasteiger partial charge in [-0.05, 0) is 12.5 Å². The van der Waals surface area contributed by atoms with Crippen LogP contribution in [0.25, 0.3) is 0 Å². The summed E-state index contributed by atoms with van der Waals surface area (Å²) < 4.78 is 6.90. The number of ether oxygens (including phenoxy) is 1. The van der Waals surface area contributed by atoms with Crippen LogP contribution >= 0.6 is 0 Å². The number of carboxylic acids is 1. The molecule has 0 bridgehead atoms. The normalized spacial score (nSPS) is 23.4. The van der Waals surface area contributed by atoms with Gasteiger partial charge in [-0.3, -0.25) is 9.48 Å². The predicted molar refractivity (Wildman–Crippen MR) is 65.5 cm³/mol. The molecule has 1 aromatic heterocycles. The lowest BCUT2D eigenvalue weighted by molar-refractivity contribution is -0.166. The van der Waals surface area contributed by atoms with Gasteiger partial charge in [-0.15, -0.1) is 0 Å². The van der Waals surface area contributed by atoms with E-state index >= 15 is 0 Å². The number of carbonyl (C=O) groups is 2. The summed E-state index contributed by atoms with van der Waals surface area (Å²) in [5.41, 5.74) is 0.818. The molecule has 0 saturated carbocycles. The SMILES string of the molecule is C[C@@H]1CN(C(=O)Cc2cnn(C)c2)C[C@H](C(=O)O)O1. The van der Waals surface area contributed by atoms with Crippen molar-refractivity contribution in [2.24, 2.45) is 7.05 Å². The van der Waals surface area contributed by atoms with Crippen molar-refractivity contribution in [3.05, 3.63) is 18.0 Å². The van der Waals surface area contributed by atoms with E-state index in [-0.39, 0.29) is 25.0 Å². The van der Waals surface area contributed by atoms with E-state index in [1.165, 1.54) is 0 Å². The average molecular weight is 267 g/mol. The Morgan fingerprint density at radius 2 is 2.26 bits per heavy atom. The van der Waals surface area contributed by atoms with Gasteiger partial charge in [0.25, 0.3) is 0 Å². The van der Waals surface area contributed by atoms with Crippen LogP contribution in [0, 0.1) is 0 Å². The van der Waals surface area contributed by atoms with E-state index in [1.54, 1.807) is 35.9 Å². The molecule has 0 aliphatic carbocycles. The number of amides is 1. The van der Waals surface area contributed by atoms with Crippen LogP contribution < -0.4 is 0 Å². The lowest BCUT2D eigenvalue weighted by atomic mass is 10.1. The Morgan fingerprint density at radius 1 is 1.53 bits per heavy atom. The second kappa shape index (κ2) is 5.40. The van der Waals surface area contributed by atoms with Crippen LogP contribution in [0.1, 0.15) is 12.5 Å². The summed E-state index contributed by atoms with van der Waals surface area (Å²) in [5, 5.41) is 13.0. The first-order valence-electron chi connectivity index (χ1n) is 6.09. The van der Waals surface area contributed by atoms with Crippen molar-refractivity contribution in [3.8, 4) is 0 Å². The first-order valence-corrected chi connectivity index (χ1v) is 6.09. The Kier molecular flexibility index (Phi) is 3.84. The molecular weight excluding hydrogens is 250 g/mol. The van der Waals surface area contributed by atoms with Crippen LogP contribution in [0.5, 0.6) is 0 Å². The van der Waals surface area contributed by atoms with Crippen molar-refractivity contribution in [2.75, 3.05) is 13.1 Å². The number of hydrogen-bond donors (Lipinski definition) is 1. The number of aliphatic carboxylic acids is 1. The molecule has 0 aromatic carbocycles. The van der Waals surface area contributed by atoms with Gasteiger partial charge in [0.1, 0.15) is 0 Å². The van der Waals surface area contributed by atoms with E-state index in [0.717, 1.165) is 5.56 Å². The number of hydrogen-bond acceptors (Lipinski definition) is 4. The highest BCUT2D eigenvalue weighted by Gasteiger charge is 2.32. The van der Waals surface area contributed by atoms with Crippen molar-refractivity contribution < 1.29 is 19.4 Å². The Balaban J connectivity index is 2.00. The van der Waals surface area contributed by atoms with Gasteiger partial charge in [-0.1, -0.05) is 0 Å². The maximum Gasteiger partial charge on any atom is 0.334 e. The fourth-order valence-electron chi connectivity index (χ4n) is 2.14. The van der Waals surface area contributed by atoms with Gasteiger partial charge in [-0.25, -0.2) is 4.79 Å². The Hall–Kier alpha value is -1.89. The topological polar surface area (TPSA) is 84.7 Å². The fraction of sp³-hybridized carbons (Fsp3) is 0.583. The van der Waals surface area contributed by atoms with E-state index in [4.69, 9.17) is 9.84 Å². The largest absolute Gasteiger partial charge is 0.479 e. The van der Waals surface area contributed by atoms with Crippen molar-refractivity contribution in [1.82, 2.24) is 14.7 Å². The maximum atomic E-state index is 12.1. The molecule has 2 rings (SSSR count). The lowest BCUT2D eigenvalue weighted by Crippen LogP contribution is -2.52. The second-order valence-electron chi connectivity index (χ2n) is 4.77. The minimum absolute atomic E-state index is 0.0960. The minimum Gasteiger partial charge on any atom is -0.479 e. The van der Waals surface area contributed by atoms with Crippen LogP contribution in [-0.2, 0) is 27.8 Å². The average Bonchev–Trinajstić information content (AvgIpc) is 2.73. The molecule has 2 heterocycles. The highest BCUT2D eigenvalue weighted by atomic mass is 16.5. The number of rotatable bonds is 3. The molecule has 0 radical (unpaired) electrons. The summed E-state index contributed by atoms with van der Waals surface area (Å²) in [4.78, 5) is 24.6. The first kappa shape index (κ1) is 13.5. The summed E-state index contributed by atoms with van der Waals surface area (Å²) in [6, 6.07) is 0. The van der Waals surface area contributed by atoms with E-state index in [0.29, 0.717) is 6.54 Å². The van der Waals surface area contributed by atoms with Crippen molar-refractivity contribution in [1.29, 1.82) is 0 Å². The smallest absolute Gasteiger partial charge is 0.334 e. The number of carbonyl (C=O) groups excluding carboxylic acids is 1. The summed E-state index contributed by atoms with van der Waals surface area (Å²) in [6.45, 7) is 2.28. The van der Waals surface area contributed by atoms with E-state index in [2.05, 4.69) is 5.10 Å². The third-order valence-electron chi connectivity index (χ3n) is 3.00. The second-order valence-corrected chi connectivity index (χ2v) is 4.77. The first-order chi connectivity index (χ1) is 8.95. The molecule has 19 heavy (non-hydrogen) atoms. The molecule has 1 amide bonds. The molecule has 7 heteroatoms. The molecule has 1 aliphatic heterocycles. The van der Waals surface area contributed by atoms with Gasteiger partial charge in [0, 0.05) is 19.8 Å². The Morgan fingerprint density at radius 3 is 2.84 bits per heavy atom. The summed E-state index contributed by atoms with van der Waals surface area (Å²) >= 11 is 0. The monoisotopic (exact) mass is 267 g/mol. The quantitative estimate of drug-likeness (QED) is 0.810. The maximum absolute atomic E-state index is 12.1. The predicted octanol–water partition coefficient (Wildman–Crippen LogP) is -0.337. The van der Waals surface area contributed by atoms with Crippen molar-refractivity contribution in [2.45, 2.75) is 25.6 Å². The molecule has 1 aromatic rings. The number of morpholine rings is 1. The van der Waals surface area contributed by atoms with Gasteiger partial charge in [0.15, 0.2) is 6.10 Å². The van der Waals surface area contributed by atoms with Gasteiger partial charge in [0.05, 0.1) is 25.3 Å². The van der Waals surface area contributed by atoms with Gasteiger partial charge in [0.2, 0.25) is 5.91 Å². The van der Waals surface area contributed by atoms with E-state index < -0.39 is 12.1 Å². The molecule has 1 saturated heterocycles. The van der Waals surface area contributed by atoms with Crippen LogP contribution in [-0.4, -0.2) is 57.0 Å². The molecule has 0 spiro atoms. The zero-order chi connectivity index (χ0) is 14.0. The molecule has 2 atom stereocenters. The van der Waals surface area contributed by atoms with Gasteiger partial charge < -0.3 is 14.7 Å². The molecule has 1 N–H and O–H groups in total. The Labute approximate surface area is 110 Å². The molecule has 1 fully saturated rings. The zero-order valence-corrected chi connectivity index (χ0v) is 10.9. The van der Waals surface area contributed by atoms with E-state index in [1.807, 2.05) is 0 Å². The van der Waals surface area contributed by atoms with Crippen molar-refractivity contribution >= 4 is 11.9 Å². The van der Waals surface area contributed by atoms with Crippen LogP contribution in [0.4, 0.5) is 0 Å². The number of aromatic nitrogens is 2. The fourth-order valence-corrected chi connectivity index (χ4v) is 2.14. The minimum atomic E-state index is -1.04. The molecule has 0 unspecified atom stereocenters. The Bertz CT molecular complexity index is 485. The van der Waals surface area contributed by atoms with Crippen LogP contribution in [0.15, 0.2) is 12.4 Å². The number of carboxylic acid groups (broad SMARTS) is 1. The van der Waals surface area contributed by atoms with Crippen LogP contribution in [0.3, 0.4) is 0 Å². The number of nitrogens with zero attached hydrogens (tertiary/aromatic N) is 3. The number of aryl methyl sites for hydroxylation is 1.